The van der Waals surface area contributed by atoms with E-state index in [1.165, 1.54) is 30.5 Å². The van der Waals surface area contributed by atoms with Crippen LogP contribution in [0, 0.1) is 0 Å². The lowest BCUT2D eigenvalue weighted by Gasteiger charge is -2.14. The van der Waals surface area contributed by atoms with Crippen molar-refractivity contribution in [2.75, 3.05) is 10.5 Å². The van der Waals surface area contributed by atoms with Crippen molar-refractivity contribution in [2.24, 2.45) is 0 Å². The van der Waals surface area contributed by atoms with Crippen molar-refractivity contribution in [2.45, 2.75) is 17.4 Å². The third kappa shape index (κ3) is 6.29. The second-order valence-electron chi connectivity index (χ2n) is 5.43. The van der Waals surface area contributed by atoms with Gasteiger partial charge in [-0.3, -0.25) is 9.52 Å². The molecule has 0 amide bonds. The van der Waals surface area contributed by atoms with E-state index in [4.69, 9.17) is 23.2 Å². The quantitative estimate of drug-likeness (QED) is 0.322. The summed E-state index contributed by atoms with van der Waals surface area (Å²) in [6.45, 7) is 0. The number of carbonyl (C=O) groups is 1. The number of sulfonamides is 1. The summed E-state index contributed by atoms with van der Waals surface area (Å²) >= 11 is 15.0. The molecule has 0 aliphatic carbocycles. The van der Waals surface area contributed by atoms with Gasteiger partial charge in [0.1, 0.15) is 4.83 Å². The number of hydrogen-bond donors (Lipinski definition) is 1. The number of hydrogen-bond acceptors (Lipinski definition) is 5. The van der Waals surface area contributed by atoms with Crippen molar-refractivity contribution >= 4 is 60.6 Å². The molecule has 1 unspecified atom stereocenters. The Morgan fingerprint density at radius 3 is 2.54 bits per heavy atom. The second kappa shape index (κ2) is 8.93. The summed E-state index contributed by atoms with van der Waals surface area (Å²) in [5, 5.41) is -0.334. The molecule has 0 saturated carbocycles. The van der Waals surface area contributed by atoms with E-state index in [1.807, 2.05) is 4.72 Å². The van der Waals surface area contributed by atoms with Crippen LogP contribution in [0.3, 0.4) is 0 Å². The van der Waals surface area contributed by atoms with Crippen molar-refractivity contribution in [1.82, 2.24) is 9.97 Å². The van der Waals surface area contributed by atoms with Gasteiger partial charge in [0.2, 0.25) is 15.3 Å². The molecule has 152 valence electrons. The Balaban J connectivity index is 2.26. The summed E-state index contributed by atoms with van der Waals surface area (Å²) in [5.74, 6) is -1.73. The molecule has 1 N–H and O–H groups in total. The normalized spacial score (nSPS) is 13.2. The second-order valence-corrected chi connectivity index (χ2v) is 8.90. The summed E-state index contributed by atoms with van der Waals surface area (Å²) in [7, 11) is -4.33. The largest absolute Gasteiger partial charge is 0.390 e. The van der Waals surface area contributed by atoms with Crippen molar-refractivity contribution in [3.8, 4) is 0 Å². The molecule has 2 rings (SSSR count). The van der Waals surface area contributed by atoms with Gasteiger partial charge in [0.15, 0.2) is 5.78 Å². The van der Waals surface area contributed by atoms with Gasteiger partial charge in [-0.05, 0) is 29.8 Å². The van der Waals surface area contributed by atoms with E-state index in [0.717, 1.165) is 0 Å². The molecule has 0 aliphatic heterocycles. The Kier molecular flexibility index (Phi) is 7.29. The summed E-state index contributed by atoms with van der Waals surface area (Å²) in [6, 6.07) is 5.36. The first-order valence-electron chi connectivity index (χ1n) is 7.42. The molecule has 0 fully saturated rings. The van der Waals surface area contributed by atoms with Gasteiger partial charge in [-0.1, -0.05) is 33.6 Å². The van der Waals surface area contributed by atoms with Crippen LogP contribution in [0.25, 0.3) is 0 Å². The molecule has 28 heavy (non-hydrogen) atoms. The lowest BCUT2D eigenvalue weighted by atomic mass is 10.1. The SMILES string of the molecule is O=C(c1cccc(NS(=O)(=O)CCC(F)(F)F)c1Cl)C(Br)c1ccnc(Cl)n1. The first-order valence-corrected chi connectivity index (χ1v) is 10.7. The van der Waals surface area contributed by atoms with Crippen LogP contribution in [0.5, 0.6) is 0 Å². The number of rotatable bonds is 7. The third-order valence-electron chi connectivity index (χ3n) is 3.32. The highest BCUT2D eigenvalue weighted by atomic mass is 79.9. The minimum atomic E-state index is -4.63. The molecule has 0 bridgehead atoms. The standard InChI is InChI=1S/C15H11BrCl2F3N3O3S/c16-11(9-4-6-22-14(18)23-9)13(25)8-2-1-3-10(12(8)17)24-28(26,27)7-5-15(19,20)21/h1-4,6,11,24H,5,7H2. The summed E-state index contributed by atoms with van der Waals surface area (Å²) in [4.78, 5) is 19.3. The smallest absolute Gasteiger partial charge is 0.292 e. The van der Waals surface area contributed by atoms with Crippen LogP contribution in [0.1, 0.15) is 27.3 Å². The van der Waals surface area contributed by atoms with Gasteiger partial charge in [-0.2, -0.15) is 13.2 Å². The molecule has 0 saturated heterocycles. The number of nitrogens with zero attached hydrogens (tertiary/aromatic N) is 2. The lowest BCUT2D eigenvalue weighted by molar-refractivity contribution is -0.129. The molecule has 1 aromatic heterocycles. The number of anilines is 1. The topological polar surface area (TPSA) is 89.0 Å². The highest BCUT2D eigenvalue weighted by Crippen LogP contribution is 2.33. The third-order valence-corrected chi connectivity index (χ3v) is 6.07. The van der Waals surface area contributed by atoms with Gasteiger partial charge >= 0.3 is 6.18 Å². The van der Waals surface area contributed by atoms with Gasteiger partial charge in [0, 0.05) is 11.8 Å². The van der Waals surface area contributed by atoms with Gasteiger partial charge in [-0.25, -0.2) is 18.4 Å². The number of Topliss-reactive ketones (excluding diaryl/α,β-unsaturated/α-hetero) is 1. The Bertz CT molecular complexity index is 990. The van der Waals surface area contributed by atoms with E-state index < -0.39 is 39.0 Å². The molecule has 0 radical (unpaired) electrons. The highest BCUT2D eigenvalue weighted by Gasteiger charge is 2.30. The minimum absolute atomic E-state index is 0.0608. The number of aromatic nitrogens is 2. The molecule has 2 aromatic rings. The average Bonchev–Trinajstić information content (AvgIpc) is 2.60. The zero-order chi connectivity index (χ0) is 21.1. The Labute approximate surface area is 176 Å². The highest BCUT2D eigenvalue weighted by molar-refractivity contribution is 9.09. The van der Waals surface area contributed by atoms with Crippen molar-refractivity contribution in [3.63, 3.8) is 0 Å². The zero-order valence-corrected chi connectivity index (χ0v) is 17.6. The first-order chi connectivity index (χ1) is 12.9. The maximum absolute atomic E-state index is 12.7. The number of ketones is 1. The number of carbonyl (C=O) groups excluding carboxylic acids is 1. The molecule has 13 heteroatoms. The minimum Gasteiger partial charge on any atom is -0.292 e. The molecule has 1 aromatic carbocycles. The molecule has 1 heterocycles. The molecule has 6 nitrogen and oxygen atoms in total. The van der Waals surface area contributed by atoms with E-state index in [0.29, 0.717) is 0 Å². The van der Waals surface area contributed by atoms with Crippen LogP contribution < -0.4 is 4.72 Å². The van der Waals surface area contributed by atoms with E-state index in [-0.39, 0.29) is 27.3 Å². The van der Waals surface area contributed by atoms with E-state index >= 15 is 0 Å². The number of nitrogens with one attached hydrogen (secondary N) is 1. The van der Waals surface area contributed by atoms with E-state index in [2.05, 4.69) is 25.9 Å². The maximum Gasteiger partial charge on any atom is 0.390 e. The molecular formula is C15H11BrCl2F3N3O3S. The van der Waals surface area contributed by atoms with Gasteiger partial charge < -0.3 is 0 Å². The maximum atomic E-state index is 12.7. The van der Waals surface area contributed by atoms with Crippen LogP contribution in [0.15, 0.2) is 30.5 Å². The van der Waals surface area contributed by atoms with E-state index in [9.17, 15) is 26.4 Å². The Hall–Kier alpha value is -1.43. The average molecular weight is 521 g/mol. The fourth-order valence-corrected chi connectivity index (χ4v) is 4.11. The van der Waals surface area contributed by atoms with Gasteiger partial charge in [0.25, 0.3) is 0 Å². The number of alkyl halides is 4. The summed E-state index contributed by atoms with van der Waals surface area (Å²) in [6.07, 6.45) is -4.80. The fourth-order valence-electron chi connectivity index (χ4n) is 2.03. The first kappa shape index (κ1) is 22.9. The van der Waals surface area contributed by atoms with Gasteiger partial charge in [-0.15, -0.1) is 0 Å². The van der Waals surface area contributed by atoms with Gasteiger partial charge in [0.05, 0.1) is 28.6 Å². The molecular weight excluding hydrogens is 510 g/mol. The zero-order valence-electron chi connectivity index (χ0n) is 13.7. The predicted molar refractivity (Wildman–Crippen MR) is 103 cm³/mol. The van der Waals surface area contributed by atoms with Crippen LogP contribution >= 0.6 is 39.1 Å². The van der Waals surface area contributed by atoms with Crippen molar-refractivity contribution in [3.05, 3.63) is 52.0 Å². The van der Waals surface area contributed by atoms with Crippen molar-refractivity contribution < 1.29 is 26.4 Å². The van der Waals surface area contributed by atoms with Crippen molar-refractivity contribution in [1.29, 1.82) is 0 Å². The van der Waals surface area contributed by atoms with Crippen LogP contribution in [-0.4, -0.2) is 36.1 Å². The van der Waals surface area contributed by atoms with E-state index in [1.54, 1.807) is 0 Å². The Morgan fingerprint density at radius 1 is 1.25 bits per heavy atom. The Morgan fingerprint density at radius 2 is 1.93 bits per heavy atom. The molecule has 0 aliphatic rings. The number of halogens is 6. The summed E-state index contributed by atoms with van der Waals surface area (Å²) < 4.78 is 62.5. The molecule has 1 atom stereocenters. The summed E-state index contributed by atoms with van der Waals surface area (Å²) in [5.41, 5.74) is -0.0263. The number of benzene rings is 1. The lowest BCUT2D eigenvalue weighted by Crippen LogP contribution is -2.22. The fraction of sp³-hybridized carbons (Fsp3) is 0.267. The van der Waals surface area contributed by atoms with Crippen LogP contribution in [-0.2, 0) is 10.0 Å². The van der Waals surface area contributed by atoms with Crippen LogP contribution in [0.4, 0.5) is 18.9 Å². The monoisotopic (exact) mass is 519 g/mol. The molecule has 0 spiro atoms. The van der Waals surface area contributed by atoms with Crippen LogP contribution in [0.2, 0.25) is 10.3 Å². The predicted octanol–water partition coefficient (Wildman–Crippen LogP) is 4.80.